The van der Waals surface area contributed by atoms with Crippen LogP contribution in [0.3, 0.4) is 0 Å². The van der Waals surface area contributed by atoms with Gasteiger partial charge in [0, 0.05) is 29.2 Å². The van der Waals surface area contributed by atoms with Crippen LogP contribution in [-0.2, 0) is 17.1 Å². The van der Waals surface area contributed by atoms with E-state index in [1.54, 1.807) is 28.4 Å². The molecule has 0 bridgehead atoms. The van der Waals surface area contributed by atoms with E-state index in [-0.39, 0.29) is 17.1 Å². The van der Waals surface area contributed by atoms with Gasteiger partial charge in [-0.1, -0.05) is 73.5 Å². The second-order valence-electron chi connectivity index (χ2n) is 21.2. The summed E-state index contributed by atoms with van der Waals surface area (Å²) in [6.45, 7) is 17.5. The molecule has 6 nitrogen and oxygen atoms in total. The molecule has 0 aromatic heterocycles. The molecule has 0 aliphatic heterocycles. The van der Waals surface area contributed by atoms with E-state index in [1.165, 1.54) is 115 Å². The summed E-state index contributed by atoms with van der Waals surface area (Å²) in [7, 11) is 15.0. The normalized spacial score (nSPS) is 18.4. The first-order valence-corrected chi connectivity index (χ1v) is 29.0. The number of aryl methyl sites for hydroxylation is 8. The van der Waals surface area contributed by atoms with Crippen LogP contribution in [0, 0.1) is 67.2 Å². The fraction of sp³-hybridized carbons (Fsp3) is 0.438. The third-order valence-corrected chi connectivity index (χ3v) is 21.5. The SMILES string of the molecule is COc1c(C)cc(P(c2cc(C)c(OC)c(C)c2)C2CCCC2[C@@H](c2ccccc2)N(C)C)cc1C.COc1c(C)cc(P(c2cc(C)c(OC)c(C)c2)C2CCCC2[C@@H](c2ccccc2)N(C)C)cc1C.[Fe]. The first-order chi connectivity index (χ1) is 34.5. The van der Waals surface area contributed by atoms with E-state index in [1.807, 2.05) is 0 Å². The van der Waals surface area contributed by atoms with E-state index in [9.17, 15) is 0 Å². The first-order valence-electron chi connectivity index (χ1n) is 26.1. The Morgan fingerprint density at radius 1 is 0.384 bits per heavy atom. The fourth-order valence-electron chi connectivity index (χ4n) is 13.1. The van der Waals surface area contributed by atoms with Crippen molar-refractivity contribution in [2.75, 3.05) is 56.6 Å². The number of nitrogens with zero attached hydrogens (tertiary/aromatic N) is 2. The van der Waals surface area contributed by atoms with Gasteiger partial charge in [-0.2, -0.15) is 0 Å². The fourth-order valence-corrected chi connectivity index (χ4v) is 20.2. The topological polar surface area (TPSA) is 43.4 Å². The largest absolute Gasteiger partial charge is 0.496 e. The van der Waals surface area contributed by atoms with Crippen LogP contribution in [0.4, 0.5) is 0 Å². The molecule has 73 heavy (non-hydrogen) atoms. The van der Waals surface area contributed by atoms with E-state index in [4.69, 9.17) is 18.9 Å². The van der Waals surface area contributed by atoms with Gasteiger partial charge < -0.3 is 28.7 Å². The summed E-state index contributed by atoms with van der Waals surface area (Å²) in [5.41, 5.74) is 13.9. The Kier molecular flexibility index (Phi) is 20.7. The average molecular weight is 1060 g/mol. The maximum Gasteiger partial charge on any atom is 0.124 e. The zero-order valence-corrected chi connectivity index (χ0v) is 49.8. The standard InChI is InChI=1S/2C32H42NO2P.Fe/c2*1-21-17-26(18-22(2)31(21)34-7)36(27-19-23(3)32(35-8)24(4)20-27)29-16-12-15-28(29)30(33(5)6)25-13-10-9-11-14-25;/h2*9-11,13-14,17-20,28-30H,12,15-16H2,1-8H3;/t2*28?,29?,30-;/m11./s1. The summed E-state index contributed by atoms with van der Waals surface area (Å²) in [6.07, 6.45) is 7.64. The molecule has 2 fully saturated rings. The molecule has 6 aromatic carbocycles. The van der Waals surface area contributed by atoms with Gasteiger partial charge in [-0.15, -0.1) is 0 Å². The smallest absolute Gasteiger partial charge is 0.124 e. The second kappa shape index (κ2) is 26.0. The van der Waals surface area contributed by atoms with Crippen LogP contribution >= 0.6 is 15.8 Å². The molecule has 6 aromatic rings. The predicted octanol–water partition coefficient (Wildman–Crippen LogP) is 13.7. The van der Waals surface area contributed by atoms with Gasteiger partial charge in [0.1, 0.15) is 23.0 Å². The van der Waals surface area contributed by atoms with Gasteiger partial charge in [-0.05, 0) is 274 Å². The summed E-state index contributed by atoms with van der Waals surface area (Å²) < 4.78 is 23.0. The van der Waals surface area contributed by atoms with Gasteiger partial charge in [0.25, 0.3) is 0 Å². The van der Waals surface area contributed by atoms with Crippen LogP contribution in [-0.4, -0.2) is 77.7 Å². The minimum atomic E-state index is -0.576. The van der Waals surface area contributed by atoms with E-state index < -0.39 is 15.8 Å². The number of hydrogen-bond acceptors (Lipinski definition) is 6. The molecule has 8 rings (SSSR count). The van der Waals surface area contributed by atoms with Crippen molar-refractivity contribution in [3.05, 3.63) is 165 Å². The van der Waals surface area contributed by atoms with Gasteiger partial charge in [-0.25, -0.2) is 0 Å². The van der Waals surface area contributed by atoms with Gasteiger partial charge in [0.05, 0.1) is 28.4 Å². The molecule has 0 radical (unpaired) electrons. The third-order valence-electron chi connectivity index (χ3n) is 15.6. The molecule has 0 N–H and O–H groups in total. The van der Waals surface area contributed by atoms with Gasteiger partial charge in [0.2, 0.25) is 0 Å². The van der Waals surface area contributed by atoms with Crippen LogP contribution in [0.25, 0.3) is 0 Å². The van der Waals surface area contributed by atoms with Crippen LogP contribution < -0.4 is 40.2 Å². The maximum absolute atomic E-state index is 5.74. The van der Waals surface area contributed by atoms with Gasteiger partial charge >= 0.3 is 0 Å². The monoisotopic (exact) mass is 1060 g/mol. The zero-order valence-electron chi connectivity index (χ0n) is 46.9. The molecule has 0 spiro atoms. The van der Waals surface area contributed by atoms with Crippen molar-refractivity contribution in [1.82, 2.24) is 9.80 Å². The van der Waals surface area contributed by atoms with Crippen molar-refractivity contribution in [2.45, 2.75) is 117 Å². The number of benzene rings is 6. The van der Waals surface area contributed by atoms with Crippen molar-refractivity contribution in [3.63, 3.8) is 0 Å². The molecule has 2 aliphatic carbocycles. The Morgan fingerprint density at radius 3 is 0.822 bits per heavy atom. The first kappa shape index (κ1) is 58.1. The average Bonchev–Trinajstić information content (AvgIpc) is 4.00. The van der Waals surface area contributed by atoms with Crippen molar-refractivity contribution >= 4 is 37.1 Å². The van der Waals surface area contributed by atoms with Crippen LogP contribution in [0.1, 0.15) is 106 Å². The van der Waals surface area contributed by atoms with E-state index in [0.29, 0.717) is 35.2 Å². The predicted molar refractivity (Wildman–Crippen MR) is 310 cm³/mol. The van der Waals surface area contributed by atoms with Crippen molar-refractivity contribution in [2.24, 2.45) is 11.8 Å². The quantitative estimate of drug-likeness (QED) is 0.0711. The Balaban J connectivity index is 0.000000235. The molecule has 6 atom stereocenters. The van der Waals surface area contributed by atoms with Crippen LogP contribution in [0.2, 0.25) is 0 Å². The minimum absolute atomic E-state index is 0. The number of rotatable bonds is 16. The number of ether oxygens (including phenoxy) is 4. The van der Waals surface area contributed by atoms with E-state index in [2.05, 4.69) is 203 Å². The Labute approximate surface area is 453 Å². The Bertz CT molecular complexity index is 2370. The second-order valence-corrected chi connectivity index (χ2v) is 26.0. The van der Waals surface area contributed by atoms with Gasteiger partial charge in [0.15, 0.2) is 0 Å². The van der Waals surface area contributed by atoms with Crippen LogP contribution in [0.5, 0.6) is 23.0 Å². The van der Waals surface area contributed by atoms with E-state index in [0.717, 1.165) is 23.0 Å². The summed E-state index contributed by atoms with van der Waals surface area (Å²) in [4.78, 5) is 4.89. The molecule has 0 amide bonds. The molecule has 0 heterocycles. The van der Waals surface area contributed by atoms with Crippen molar-refractivity contribution in [1.29, 1.82) is 0 Å². The summed E-state index contributed by atoms with van der Waals surface area (Å²) in [5.74, 6) is 5.23. The third kappa shape index (κ3) is 12.7. The van der Waals surface area contributed by atoms with Crippen LogP contribution in [0.15, 0.2) is 109 Å². The molecule has 392 valence electrons. The molecule has 2 aliphatic rings. The van der Waals surface area contributed by atoms with Gasteiger partial charge in [-0.3, -0.25) is 0 Å². The Hall–Kier alpha value is -4.18. The molecular weight excluding hydrogens is 979 g/mol. The number of hydrogen-bond donors (Lipinski definition) is 0. The zero-order chi connectivity index (χ0) is 52.0. The van der Waals surface area contributed by atoms with E-state index >= 15 is 0 Å². The molecular formula is C64H84FeN2O4P2. The molecule has 2 saturated carbocycles. The van der Waals surface area contributed by atoms with Crippen molar-refractivity contribution in [3.8, 4) is 23.0 Å². The van der Waals surface area contributed by atoms with Crippen molar-refractivity contribution < 1.29 is 36.0 Å². The molecule has 0 saturated heterocycles. The summed E-state index contributed by atoms with van der Waals surface area (Å²) in [6, 6.07) is 42.2. The molecule has 4 unspecified atom stereocenters. The summed E-state index contributed by atoms with van der Waals surface area (Å²) >= 11 is 0. The Morgan fingerprint density at radius 2 is 0.616 bits per heavy atom. The number of methoxy groups -OCH3 is 4. The minimum Gasteiger partial charge on any atom is -0.496 e. The maximum atomic E-state index is 5.74. The molecule has 9 heteroatoms. The summed E-state index contributed by atoms with van der Waals surface area (Å²) in [5, 5.41) is 5.86.